The second-order valence-electron chi connectivity index (χ2n) is 5.29. The van der Waals surface area contributed by atoms with Crippen LogP contribution in [-0.4, -0.2) is 30.4 Å². The van der Waals surface area contributed by atoms with Gasteiger partial charge in [-0.2, -0.15) is 0 Å². The van der Waals surface area contributed by atoms with Crippen LogP contribution in [0.4, 0.5) is 5.69 Å². The highest BCUT2D eigenvalue weighted by molar-refractivity contribution is 5.92. The summed E-state index contributed by atoms with van der Waals surface area (Å²) in [5, 5.41) is 3.01. The summed E-state index contributed by atoms with van der Waals surface area (Å²) in [6.07, 6.45) is 8.10. The van der Waals surface area contributed by atoms with Crippen molar-refractivity contribution in [3.05, 3.63) is 29.8 Å². The molecule has 1 aromatic rings. The Balaban J connectivity index is 1.84. The first-order valence-corrected chi connectivity index (χ1v) is 7.28. The van der Waals surface area contributed by atoms with Crippen LogP contribution >= 0.6 is 0 Å². The summed E-state index contributed by atoms with van der Waals surface area (Å²) in [4.78, 5) is 14.4. The predicted octanol–water partition coefficient (Wildman–Crippen LogP) is 2.53. The minimum absolute atomic E-state index is 0.106. The van der Waals surface area contributed by atoms with Gasteiger partial charge in [0.05, 0.1) is 6.54 Å². The third-order valence-electron chi connectivity index (χ3n) is 3.90. The second kappa shape index (κ2) is 7.12. The zero-order chi connectivity index (χ0) is 14.4. The van der Waals surface area contributed by atoms with Crippen molar-refractivity contribution in [3.8, 4) is 12.3 Å². The SMILES string of the molecule is C#CCN1CCC(C(=O)Nc2ccc(CC)cc2)CC1. The Labute approximate surface area is 121 Å². The quantitative estimate of drug-likeness (QED) is 0.853. The van der Waals surface area contributed by atoms with E-state index in [-0.39, 0.29) is 11.8 Å². The van der Waals surface area contributed by atoms with Crippen molar-refractivity contribution in [2.24, 2.45) is 5.92 Å². The van der Waals surface area contributed by atoms with E-state index in [0.717, 1.165) is 38.0 Å². The van der Waals surface area contributed by atoms with E-state index in [4.69, 9.17) is 6.42 Å². The van der Waals surface area contributed by atoms with Gasteiger partial charge in [-0.3, -0.25) is 9.69 Å². The molecule has 3 heteroatoms. The number of anilines is 1. The Hall–Kier alpha value is -1.79. The topological polar surface area (TPSA) is 32.3 Å². The van der Waals surface area contributed by atoms with E-state index in [1.165, 1.54) is 5.56 Å². The lowest BCUT2D eigenvalue weighted by atomic mass is 9.96. The van der Waals surface area contributed by atoms with Crippen LogP contribution in [0.25, 0.3) is 0 Å². The van der Waals surface area contributed by atoms with E-state index in [1.54, 1.807) is 0 Å². The molecule has 1 N–H and O–H groups in total. The maximum Gasteiger partial charge on any atom is 0.227 e. The molecular weight excluding hydrogens is 248 g/mol. The normalized spacial score (nSPS) is 16.6. The molecule has 0 spiro atoms. The van der Waals surface area contributed by atoms with E-state index in [9.17, 15) is 4.79 Å². The number of hydrogen-bond donors (Lipinski definition) is 1. The van der Waals surface area contributed by atoms with Crippen LogP contribution in [0.5, 0.6) is 0 Å². The Kier molecular flexibility index (Phi) is 5.20. The van der Waals surface area contributed by atoms with Gasteiger partial charge in [-0.1, -0.05) is 25.0 Å². The molecule has 106 valence electrons. The molecule has 1 aromatic carbocycles. The first kappa shape index (κ1) is 14.6. The monoisotopic (exact) mass is 270 g/mol. The highest BCUT2D eigenvalue weighted by Crippen LogP contribution is 2.19. The molecule has 3 nitrogen and oxygen atoms in total. The number of carbonyl (C=O) groups excluding carboxylic acids is 1. The Bertz CT molecular complexity index is 479. The fraction of sp³-hybridized carbons (Fsp3) is 0.471. The molecule has 2 rings (SSSR count). The lowest BCUT2D eigenvalue weighted by Crippen LogP contribution is -2.38. The van der Waals surface area contributed by atoms with Crippen molar-refractivity contribution in [2.45, 2.75) is 26.2 Å². The van der Waals surface area contributed by atoms with Crippen molar-refractivity contribution in [1.82, 2.24) is 4.90 Å². The summed E-state index contributed by atoms with van der Waals surface area (Å²) in [6, 6.07) is 8.07. The van der Waals surface area contributed by atoms with Gasteiger partial charge in [0.1, 0.15) is 0 Å². The highest BCUT2D eigenvalue weighted by atomic mass is 16.1. The number of terminal acetylenes is 1. The number of likely N-dealkylation sites (tertiary alicyclic amines) is 1. The number of hydrogen-bond acceptors (Lipinski definition) is 2. The number of nitrogens with zero attached hydrogens (tertiary/aromatic N) is 1. The maximum absolute atomic E-state index is 12.2. The van der Waals surface area contributed by atoms with Crippen LogP contribution in [0, 0.1) is 18.3 Å². The minimum atomic E-state index is 0.106. The van der Waals surface area contributed by atoms with Crippen LogP contribution in [0.3, 0.4) is 0 Å². The van der Waals surface area contributed by atoms with Crippen molar-refractivity contribution < 1.29 is 4.79 Å². The second-order valence-corrected chi connectivity index (χ2v) is 5.29. The Morgan fingerprint density at radius 3 is 2.55 bits per heavy atom. The number of nitrogens with one attached hydrogen (secondary N) is 1. The van der Waals surface area contributed by atoms with E-state index >= 15 is 0 Å². The third kappa shape index (κ3) is 3.85. The molecule has 20 heavy (non-hydrogen) atoms. The average molecular weight is 270 g/mol. The zero-order valence-electron chi connectivity index (χ0n) is 12.1. The summed E-state index contributed by atoms with van der Waals surface area (Å²) in [5.74, 6) is 2.90. The van der Waals surface area contributed by atoms with Crippen molar-refractivity contribution in [1.29, 1.82) is 0 Å². The van der Waals surface area contributed by atoms with Gasteiger partial charge in [0.15, 0.2) is 0 Å². The lowest BCUT2D eigenvalue weighted by molar-refractivity contribution is -0.121. The first-order valence-electron chi connectivity index (χ1n) is 7.28. The summed E-state index contributed by atoms with van der Waals surface area (Å²) in [6.45, 7) is 4.64. The van der Waals surface area contributed by atoms with Gasteiger partial charge in [-0.25, -0.2) is 0 Å². The molecule has 0 radical (unpaired) electrons. The third-order valence-corrected chi connectivity index (χ3v) is 3.90. The molecule has 0 saturated carbocycles. The predicted molar refractivity (Wildman–Crippen MR) is 82.4 cm³/mol. The van der Waals surface area contributed by atoms with Crippen LogP contribution < -0.4 is 5.32 Å². The number of amides is 1. The molecule has 1 aliphatic heterocycles. The maximum atomic E-state index is 12.2. The van der Waals surface area contributed by atoms with E-state index in [1.807, 2.05) is 12.1 Å². The van der Waals surface area contributed by atoms with Gasteiger partial charge in [-0.15, -0.1) is 6.42 Å². The molecule has 1 aliphatic rings. The molecule has 1 saturated heterocycles. The van der Waals surface area contributed by atoms with Crippen LogP contribution in [-0.2, 0) is 11.2 Å². The molecule has 0 atom stereocenters. The van der Waals surface area contributed by atoms with Gasteiger partial charge >= 0.3 is 0 Å². The fourth-order valence-electron chi connectivity index (χ4n) is 2.55. The summed E-state index contributed by atoms with van der Waals surface area (Å²) in [7, 11) is 0. The van der Waals surface area contributed by atoms with Crippen molar-refractivity contribution >= 4 is 11.6 Å². The van der Waals surface area contributed by atoms with Crippen LogP contribution in [0.15, 0.2) is 24.3 Å². The molecule has 1 amide bonds. The first-order chi connectivity index (χ1) is 9.72. The lowest BCUT2D eigenvalue weighted by Gasteiger charge is -2.29. The summed E-state index contributed by atoms with van der Waals surface area (Å²) < 4.78 is 0. The zero-order valence-corrected chi connectivity index (χ0v) is 12.1. The number of benzene rings is 1. The van der Waals surface area contributed by atoms with Crippen LogP contribution in [0.1, 0.15) is 25.3 Å². The number of piperidine rings is 1. The van der Waals surface area contributed by atoms with Crippen molar-refractivity contribution in [2.75, 3.05) is 25.0 Å². The average Bonchev–Trinajstić information content (AvgIpc) is 2.49. The van der Waals surface area contributed by atoms with Gasteiger partial charge in [0, 0.05) is 11.6 Å². The molecule has 0 unspecified atom stereocenters. The van der Waals surface area contributed by atoms with Gasteiger partial charge in [-0.05, 0) is 50.0 Å². The van der Waals surface area contributed by atoms with Crippen molar-refractivity contribution in [3.63, 3.8) is 0 Å². The van der Waals surface area contributed by atoms with E-state index in [0.29, 0.717) is 6.54 Å². The van der Waals surface area contributed by atoms with E-state index in [2.05, 4.69) is 35.2 Å². The van der Waals surface area contributed by atoms with Gasteiger partial charge in [0.25, 0.3) is 0 Å². The summed E-state index contributed by atoms with van der Waals surface area (Å²) in [5.41, 5.74) is 2.17. The van der Waals surface area contributed by atoms with E-state index < -0.39 is 0 Å². The van der Waals surface area contributed by atoms with Gasteiger partial charge < -0.3 is 5.32 Å². The standard InChI is InChI=1S/C17H22N2O/c1-3-11-19-12-9-15(10-13-19)17(20)18-16-7-5-14(4-2)6-8-16/h1,5-8,15H,4,9-13H2,2H3,(H,18,20). The fourth-order valence-corrected chi connectivity index (χ4v) is 2.55. The number of aryl methyl sites for hydroxylation is 1. The number of carbonyl (C=O) groups is 1. The Morgan fingerprint density at radius 1 is 1.35 bits per heavy atom. The molecular formula is C17H22N2O. The Morgan fingerprint density at radius 2 is 2.00 bits per heavy atom. The number of rotatable bonds is 4. The molecule has 1 fully saturated rings. The van der Waals surface area contributed by atoms with Gasteiger partial charge in [0.2, 0.25) is 5.91 Å². The summed E-state index contributed by atoms with van der Waals surface area (Å²) >= 11 is 0. The van der Waals surface area contributed by atoms with Crippen LogP contribution in [0.2, 0.25) is 0 Å². The molecule has 0 aromatic heterocycles. The molecule has 1 heterocycles. The molecule has 0 aliphatic carbocycles. The minimum Gasteiger partial charge on any atom is -0.326 e. The molecule has 0 bridgehead atoms. The highest BCUT2D eigenvalue weighted by Gasteiger charge is 2.24. The largest absolute Gasteiger partial charge is 0.326 e. The smallest absolute Gasteiger partial charge is 0.227 e.